The molecule has 1 aliphatic rings. The summed E-state index contributed by atoms with van der Waals surface area (Å²) in [5.74, 6) is -4.15. The average Bonchev–Trinajstić information content (AvgIpc) is 3.13. The number of alkyl halides is 3. The smallest absolute Gasteiger partial charge is 0.480 e. The summed E-state index contributed by atoms with van der Waals surface area (Å²) in [6, 6.07) is 13.0. The average molecular weight is 513 g/mol. The summed E-state index contributed by atoms with van der Waals surface area (Å²) in [5.41, 5.74) is 1.45. The van der Waals surface area contributed by atoms with Gasteiger partial charge in [0.05, 0.1) is 13.2 Å². The van der Waals surface area contributed by atoms with E-state index in [0.717, 1.165) is 22.6 Å². The van der Waals surface area contributed by atoms with Crippen LogP contribution >= 0.6 is 0 Å². The summed E-state index contributed by atoms with van der Waals surface area (Å²) in [4.78, 5) is 40.9. The number of hydrogen-bond donors (Lipinski definition) is 0. The highest BCUT2D eigenvalue weighted by atomic mass is 19.4. The minimum absolute atomic E-state index is 0.0229. The molecule has 2 atom stereocenters. The SMILES string of the molecule is COc1ccc(N2C(=O)C(=O)C(C(=O)c3ccc(C(C)C)cc3)C2c2ccc(OC(F)(F)F)cc2)nn1. The van der Waals surface area contributed by atoms with Gasteiger partial charge in [0.1, 0.15) is 11.7 Å². The standard InChI is InChI=1S/C26H22F3N3O5/c1-14(2)15-4-6-17(7-5-15)23(33)21-22(16-8-10-18(11-9-16)37-26(27,28)29)32(25(35)24(21)34)19-12-13-20(36-3)31-30-19/h4-14,21-22H,1-3H3. The predicted molar refractivity (Wildman–Crippen MR) is 125 cm³/mol. The zero-order chi connectivity index (χ0) is 26.9. The number of carbonyl (C=O) groups is 3. The number of carbonyl (C=O) groups excluding carboxylic acids is 3. The third-order valence-electron chi connectivity index (χ3n) is 5.99. The monoisotopic (exact) mass is 513 g/mol. The molecule has 8 nitrogen and oxygen atoms in total. The third kappa shape index (κ3) is 5.30. The Morgan fingerprint density at radius 3 is 2.11 bits per heavy atom. The van der Waals surface area contributed by atoms with E-state index < -0.39 is 41.5 Å². The fourth-order valence-corrected chi connectivity index (χ4v) is 4.15. The van der Waals surface area contributed by atoms with Crippen molar-refractivity contribution >= 4 is 23.3 Å². The van der Waals surface area contributed by atoms with E-state index in [2.05, 4.69) is 14.9 Å². The zero-order valence-electron chi connectivity index (χ0n) is 20.0. The second kappa shape index (κ2) is 10.00. The minimum atomic E-state index is -4.90. The Bertz CT molecular complexity index is 1310. The van der Waals surface area contributed by atoms with Gasteiger partial charge in [0.25, 0.3) is 5.91 Å². The molecule has 1 saturated heterocycles. The van der Waals surface area contributed by atoms with E-state index in [1.54, 1.807) is 24.3 Å². The molecule has 37 heavy (non-hydrogen) atoms. The summed E-state index contributed by atoms with van der Waals surface area (Å²) in [7, 11) is 1.38. The van der Waals surface area contributed by atoms with E-state index in [1.165, 1.54) is 31.4 Å². The van der Waals surface area contributed by atoms with Crippen LogP contribution in [0.4, 0.5) is 19.0 Å². The Morgan fingerprint density at radius 2 is 1.59 bits per heavy atom. The first-order valence-corrected chi connectivity index (χ1v) is 11.2. The maximum Gasteiger partial charge on any atom is 0.573 e. The van der Waals surface area contributed by atoms with E-state index in [1.807, 2.05) is 13.8 Å². The molecule has 0 radical (unpaired) electrons. The van der Waals surface area contributed by atoms with Crippen LogP contribution in [-0.2, 0) is 9.59 Å². The van der Waals surface area contributed by atoms with Crippen molar-refractivity contribution in [3.63, 3.8) is 0 Å². The fourth-order valence-electron chi connectivity index (χ4n) is 4.15. The normalized spacial score (nSPS) is 17.9. The van der Waals surface area contributed by atoms with Crippen molar-refractivity contribution in [1.82, 2.24) is 10.2 Å². The molecule has 0 bridgehead atoms. The summed E-state index contributed by atoms with van der Waals surface area (Å²) in [6.07, 6.45) is -4.90. The van der Waals surface area contributed by atoms with Crippen LogP contribution in [0.2, 0.25) is 0 Å². The van der Waals surface area contributed by atoms with Gasteiger partial charge in [-0.15, -0.1) is 23.4 Å². The first-order chi connectivity index (χ1) is 17.5. The van der Waals surface area contributed by atoms with E-state index in [9.17, 15) is 27.6 Å². The van der Waals surface area contributed by atoms with Crippen molar-refractivity contribution in [2.45, 2.75) is 32.2 Å². The highest BCUT2D eigenvalue weighted by Crippen LogP contribution is 2.41. The van der Waals surface area contributed by atoms with E-state index in [0.29, 0.717) is 0 Å². The lowest BCUT2D eigenvalue weighted by Crippen LogP contribution is -2.31. The van der Waals surface area contributed by atoms with Crippen molar-refractivity contribution < 1.29 is 37.0 Å². The number of methoxy groups -OCH3 is 1. The Kier molecular flexibility index (Phi) is 6.97. The topological polar surface area (TPSA) is 98.7 Å². The van der Waals surface area contributed by atoms with Gasteiger partial charge in [-0.1, -0.05) is 50.2 Å². The van der Waals surface area contributed by atoms with Gasteiger partial charge in [-0.25, -0.2) is 0 Å². The first-order valence-electron chi connectivity index (χ1n) is 11.2. The van der Waals surface area contributed by atoms with Crippen LogP contribution < -0.4 is 14.4 Å². The highest BCUT2D eigenvalue weighted by Gasteiger charge is 2.53. The fraction of sp³-hybridized carbons (Fsp3) is 0.269. The van der Waals surface area contributed by atoms with E-state index >= 15 is 0 Å². The lowest BCUT2D eigenvalue weighted by molar-refractivity contribution is -0.274. The maximum absolute atomic E-state index is 13.6. The lowest BCUT2D eigenvalue weighted by atomic mass is 9.86. The van der Waals surface area contributed by atoms with Crippen LogP contribution in [0.25, 0.3) is 0 Å². The van der Waals surface area contributed by atoms with Gasteiger partial charge >= 0.3 is 6.36 Å². The zero-order valence-corrected chi connectivity index (χ0v) is 20.0. The van der Waals surface area contributed by atoms with Gasteiger partial charge < -0.3 is 9.47 Å². The van der Waals surface area contributed by atoms with Gasteiger partial charge in [0.15, 0.2) is 11.6 Å². The van der Waals surface area contributed by atoms with E-state index in [-0.39, 0.29) is 28.7 Å². The summed E-state index contributed by atoms with van der Waals surface area (Å²) in [5, 5.41) is 7.78. The number of ether oxygens (including phenoxy) is 2. The molecule has 1 aromatic heterocycles. The van der Waals surface area contributed by atoms with Crippen LogP contribution in [0.15, 0.2) is 60.7 Å². The van der Waals surface area contributed by atoms with Gasteiger partial charge in [0.2, 0.25) is 11.7 Å². The molecule has 0 aliphatic carbocycles. The first kappa shape index (κ1) is 25.8. The van der Waals surface area contributed by atoms with Gasteiger partial charge in [0, 0.05) is 11.6 Å². The number of halogens is 3. The number of aromatic nitrogens is 2. The Morgan fingerprint density at radius 1 is 0.946 bits per heavy atom. The molecule has 0 N–H and O–H groups in total. The number of hydrogen-bond acceptors (Lipinski definition) is 7. The Labute approximate surface area is 210 Å². The Hall–Kier alpha value is -4.28. The van der Waals surface area contributed by atoms with Crippen molar-refractivity contribution in [2.24, 2.45) is 5.92 Å². The molecule has 2 unspecified atom stereocenters. The molecule has 1 aliphatic heterocycles. The van der Waals surface area contributed by atoms with Crippen LogP contribution in [0.3, 0.4) is 0 Å². The largest absolute Gasteiger partial charge is 0.573 e. The van der Waals surface area contributed by atoms with E-state index in [4.69, 9.17) is 4.74 Å². The lowest BCUT2D eigenvalue weighted by Gasteiger charge is -2.26. The van der Waals surface area contributed by atoms with Gasteiger partial charge in [-0.2, -0.15) is 0 Å². The number of amides is 1. The quantitative estimate of drug-likeness (QED) is 0.257. The molecule has 2 heterocycles. The molecule has 3 aromatic rings. The number of Topliss-reactive ketones (excluding diaryl/α,β-unsaturated/α-hetero) is 2. The Balaban J connectivity index is 1.78. The number of anilines is 1. The number of nitrogens with zero attached hydrogens (tertiary/aromatic N) is 3. The molecular weight excluding hydrogens is 491 g/mol. The second-order valence-corrected chi connectivity index (χ2v) is 8.65. The van der Waals surface area contributed by atoms with Crippen LogP contribution in [0.5, 0.6) is 11.6 Å². The highest BCUT2D eigenvalue weighted by molar-refractivity contribution is 6.48. The van der Waals surface area contributed by atoms with Crippen molar-refractivity contribution in [1.29, 1.82) is 0 Å². The summed E-state index contributed by atoms with van der Waals surface area (Å²) >= 11 is 0. The van der Waals surface area contributed by atoms with Crippen LogP contribution in [-0.4, -0.2) is 41.1 Å². The number of benzene rings is 2. The predicted octanol–water partition coefficient (Wildman–Crippen LogP) is 4.66. The minimum Gasteiger partial charge on any atom is -0.480 e. The van der Waals surface area contributed by atoms with Crippen LogP contribution in [0.1, 0.15) is 47.3 Å². The molecule has 2 aromatic carbocycles. The maximum atomic E-state index is 13.6. The van der Waals surface area contributed by atoms with Gasteiger partial charge in [-0.05, 0) is 35.2 Å². The molecule has 4 rings (SSSR count). The van der Waals surface area contributed by atoms with Gasteiger partial charge in [-0.3, -0.25) is 19.3 Å². The molecule has 0 spiro atoms. The molecule has 1 fully saturated rings. The number of rotatable bonds is 7. The molecule has 192 valence electrons. The molecule has 1 amide bonds. The molecule has 0 saturated carbocycles. The number of ketones is 2. The second-order valence-electron chi connectivity index (χ2n) is 8.65. The van der Waals surface area contributed by atoms with Crippen molar-refractivity contribution in [3.05, 3.63) is 77.4 Å². The molecule has 11 heteroatoms. The van der Waals surface area contributed by atoms with Crippen molar-refractivity contribution in [2.75, 3.05) is 12.0 Å². The third-order valence-corrected chi connectivity index (χ3v) is 5.99. The molecular formula is C26H22F3N3O5. The van der Waals surface area contributed by atoms with Crippen LogP contribution in [0, 0.1) is 5.92 Å². The summed E-state index contributed by atoms with van der Waals surface area (Å²) < 4.78 is 46.8. The van der Waals surface area contributed by atoms with Crippen molar-refractivity contribution in [3.8, 4) is 11.6 Å². The summed E-state index contributed by atoms with van der Waals surface area (Å²) in [6.45, 7) is 3.98.